The highest BCUT2D eigenvalue weighted by atomic mass is 32.3. The van der Waals surface area contributed by atoms with Crippen LogP contribution in [0.2, 0.25) is 0 Å². The molecule has 3 heterocycles. The Labute approximate surface area is 176 Å². The number of ether oxygens (including phenoxy) is 1. The molecule has 1 saturated heterocycles. The molecule has 2 aromatic rings. The molecule has 0 radical (unpaired) electrons. The summed E-state index contributed by atoms with van der Waals surface area (Å²) in [6.45, 7) is 1.82. The highest BCUT2D eigenvalue weighted by Crippen LogP contribution is 2.35. The van der Waals surface area contributed by atoms with Crippen molar-refractivity contribution in [2.24, 2.45) is 0 Å². The van der Waals surface area contributed by atoms with Crippen molar-refractivity contribution in [3.63, 3.8) is 0 Å². The lowest BCUT2D eigenvalue weighted by molar-refractivity contribution is -0.129. The predicted octanol–water partition coefficient (Wildman–Crippen LogP) is -2.01. The molecule has 0 unspecified atom stereocenters. The molecule has 0 spiro atoms. The largest absolute Gasteiger partial charge is 0.397 e. The molecular weight excluding hydrogens is 438 g/mol. The van der Waals surface area contributed by atoms with Crippen LogP contribution in [0.25, 0.3) is 11.2 Å². The molecule has 6 N–H and O–H groups in total. The first-order valence-corrected chi connectivity index (χ1v) is 10.4. The van der Waals surface area contributed by atoms with Crippen molar-refractivity contribution >= 4 is 33.3 Å². The van der Waals surface area contributed by atoms with Gasteiger partial charge >= 0.3 is 10.4 Å². The van der Waals surface area contributed by atoms with Crippen LogP contribution in [-0.4, -0.2) is 92.1 Å². The molecule has 172 valence electrons. The van der Waals surface area contributed by atoms with E-state index in [1.807, 2.05) is 0 Å². The van der Waals surface area contributed by atoms with Gasteiger partial charge in [0.05, 0.1) is 0 Å². The maximum absolute atomic E-state index is 11.4. The summed E-state index contributed by atoms with van der Waals surface area (Å²) in [5.41, 5.74) is 7.86. The first-order chi connectivity index (χ1) is 14.5. The molecular formula is C15H23N7O8S. The third-order valence-electron chi connectivity index (χ3n) is 4.82. The number of nitrogens with two attached hydrogens (primary N) is 1. The smallest absolute Gasteiger partial charge is 0.385 e. The van der Waals surface area contributed by atoms with Crippen LogP contribution >= 0.6 is 0 Å². The number of nitrogens with one attached hydrogen (secondary N) is 1. The fraction of sp³-hybridized carbons (Fsp3) is 0.600. The van der Waals surface area contributed by atoms with E-state index in [1.165, 1.54) is 16.4 Å². The van der Waals surface area contributed by atoms with Crippen LogP contribution in [0, 0.1) is 6.92 Å². The van der Waals surface area contributed by atoms with Crippen LogP contribution in [0.5, 0.6) is 0 Å². The average Bonchev–Trinajstić information content (AvgIpc) is 3.16. The molecule has 1 amide bonds. The first kappa shape index (κ1) is 23.2. The summed E-state index contributed by atoms with van der Waals surface area (Å²) in [7, 11) is -3.30. The van der Waals surface area contributed by atoms with E-state index >= 15 is 0 Å². The monoisotopic (exact) mass is 461 g/mol. The number of hydroxylamine groups is 1. The molecule has 4 atom stereocenters. The van der Waals surface area contributed by atoms with Crippen molar-refractivity contribution in [1.29, 1.82) is 0 Å². The van der Waals surface area contributed by atoms with Gasteiger partial charge in [-0.3, -0.25) is 19.1 Å². The SMILES string of the molecule is Cc1nc2c(N)ncnc2n1[C@@H]1O[C@H](CN(C)CCC(=O)NO)[C@@H](OS(=O)(=O)O)[C@H]1O. The lowest BCUT2D eigenvalue weighted by atomic mass is 10.1. The number of hydrogen-bond donors (Lipinski definition) is 5. The molecule has 1 fully saturated rings. The van der Waals surface area contributed by atoms with Crippen LogP contribution in [-0.2, 0) is 24.1 Å². The number of aliphatic hydroxyl groups is 1. The Morgan fingerprint density at radius 2 is 2.16 bits per heavy atom. The number of hydrogen-bond acceptors (Lipinski definition) is 12. The summed E-state index contributed by atoms with van der Waals surface area (Å²) in [5.74, 6) is -0.130. The summed E-state index contributed by atoms with van der Waals surface area (Å²) >= 11 is 0. The lowest BCUT2D eigenvalue weighted by Gasteiger charge is -2.23. The third kappa shape index (κ3) is 5.06. The van der Waals surface area contributed by atoms with Gasteiger partial charge in [0, 0.05) is 19.5 Å². The van der Waals surface area contributed by atoms with Gasteiger partial charge < -0.3 is 20.5 Å². The number of fused-ring (bicyclic) bond motifs is 1. The Hall–Kier alpha value is -2.47. The van der Waals surface area contributed by atoms with Crippen LogP contribution in [0.15, 0.2) is 6.33 Å². The number of likely N-dealkylation sites (N-methyl/N-ethyl adjacent to an activating group) is 1. The van der Waals surface area contributed by atoms with E-state index in [4.69, 9.17) is 24.4 Å². The summed E-state index contributed by atoms with van der Waals surface area (Å²) < 4.78 is 43.9. The van der Waals surface area contributed by atoms with Crippen LogP contribution < -0.4 is 11.2 Å². The highest BCUT2D eigenvalue weighted by Gasteiger charge is 2.48. The Morgan fingerprint density at radius 1 is 1.45 bits per heavy atom. The molecule has 15 nitrogen and oxygen atoms in total. The second kappa shape index (κ2) is 8.95. The molecule has 3 rings (SSSR count). The summed E-state index contributed by atoms with van der Waals surface area (Å²) in [5, 5.41) is 19.4. The third-order valence-corrected chi connectivity index (χ3v) is 5.28. The van der Waals surface area contributed by atoms with Gasteiger partial charge in [-0.1, -0.05) is 0 Å². The van der Waals surface area contributed by atoms with E-state index in [0.29, 0.717) is 5.82 Å². The number of anilines is 1. The van der Waals surface area contributed by atoms with E-state index in [9.17, 15) is 18.3 Å². The van der Waals surface area contributed by atoms with Gasteiger partial charge in [-0.2, -0.15) is 8.42 Å². The number of aliphatic hydroxyl groups excluding tert-OH is 1. The zero-order chi connectivity index (χ0) is 22.9. The zero-order valence-electron chi connectivity index (χ0n) is 16.6. The van der Waals surface area contributed by atoms with E-state index < -0.39 is 40.8 Å². The van der Waals surface area contributed by atoms with Gasteiger partial charge in [-0.15, -0.1) is 0 Å². The van der Waals surface area contributed by atoms with Crippen LogP contribution in [0.1, 0.15) is 18.5 Å². The van der Waals surface area contributed by atoms with Crippen molar-refractivity contribution in [3.8, 4) is 0 Å². The Bertz CT molecular complexity index is 1060. The number of imidazole rings is 1. The molecule has 31 heavy (non-hydrogen) atoms. The Balaban J connectivity index is 1.89. The normalized spacial score (nSPS) is 24.2. The van der Waals surface area contributed by atoms with Crippen LogP contribution in [0.4, 0.5) is 5.82 Å². The minimum atomic E-state index is -4.92. The van der Waals surface area contributed by atoms with E-state index in [2.05, 4.69) is 15.0 Å². The summed E-state index contributed by atoms with van der Waals surface area (Å²) in [4.78, 5) is 25.1. The van der Waals surface area contributed by atoms with E-state index in [-0.39, 0.29) is 36.5 Å². The quantitative estimate of drug-likeness (QED) is 0.163. The fourth-order valence-electron chi connectivity index (χ4n) is 3.43. The van der Waals surface area contributed by atoms with Crippen molar-refractivity contribution in [1.82, 2.24) is 29.9 Å². The molecule has 2 aromatic heterocycles. The molecule has 0 bridgehead atoms. The maximum atomic E-state index is 11.4. The van der Waals surface area contributed by atoms with Gasteiger partial charge in [-0.05, 0) is 14.0 Å². The van der Waals surface area contributed by atoms with Crippen molar-refractivity contribution in [2.45, 2.75) is 37.9 Å². The van der Waals surface area contributed by atoms with Gasteiger partial charge in [0.2, 0.25) is 5.91 Å². The van der Waals surface area contributed by atoms with Crippen LogP contribution in [0.3, 0.4) is 0 Å². The predicted molar refractivity (Wildman–Crippen MR) is 103 cm³/mol. The van der Waals surface area contributed by atoms with Gasteiger partial charge in [0.25, 0.3) is 0 Å². The van der Waals surface area contributed by atoms with Gasteiger partial charge in [0.1, 0.15) is 30.5 Å². The summed E-state index contributed by atoms with van der Waals surface area (Å²) in [6, 6.07) is 0. The minimum Gasteiger partial charge on any atom is -0.385 e. The number of aryl methyl sites for hydroxylation is 1. The van der Waals surface area contributed by atoms with E-state index in [0.717, 1.165) is 0 Å². The summed E-state index contributed by atoms with van der Waals surface area (Å²) in [6.07, 6.45) is -4.03. The molecule has 1 aliphatic rings. The molecule has 1 aliphatic heterocycles. The number of carbonyl (C=O) groups is 1. The fourth-order valence-corrected chi connectivity index (χ4v) is 3.94. The molecule has 16 heteroatoms. The number of carbonyl (C=O) groups excluding carboxylic acids is 1. The lowest BCUT2D eigenvalue weighted by Crippen LogP contribution is -2.42. The topological polar surface area (TPSA) is 215 Å². The zero-order valence-corrected chi connectivity index (χ0v) is 17.4. The minimum absolute atomic E-state index is 0.0231. The van der Waals surface area contributed by atoms with Crippen molar-refractivity contribution in [3.05, 3.63) is 12.2 Å². The first-order valence-electron chi connectivity index (χ1n) is 9.07. The Morgan fingerprint density at radius 3 is 2.81 bits per heavy atom. The van der Waals surface area contributed by atoms with Crippen molar-refractivity contribution < 1.29 is 37.0 Å². The molecule has 0 aliphatic carbocycles. The Kier molecular flexibility index (Phi) is 6.70. The second-order valence-electron chi connectivity index (χ2n) is 7.05. The van der Waals surface area contributed by atoms with Gasteiger partial charge in [0.15, 0.2) is 23.2 Å². The number of rotatable bonds is 8. The van der Waals surface area contributed by atoms with Gasteiger partial charge in [-0.25, -0.2) is 24.6 Å². The van der Waals surface area contributed by atoms with Crippen molar-refractivity contribution in [2.75, 3.05) is 25.9 Å². The molecule has 0 aromatic carbocycles. The number of nitrogen functional groups attached to an aromatic ring is 1. The molecule has 0 saturated carbocycles. The number of amides is 1. The average molecular weight is 461 g/mol. The number of aromatic nitrogens is 4. The maximum Gasteiger partial charge on any atom is 0.397 e. The van der Waals surface area contributed by atoms with E-state index in [1.54, 1.807) is 18.9 Å². The highest BCUT2D eigenvalue weighted by molar-refractivity contribution is 7.80. The second-order valence-corrected chi connectivity index (χ2v) is 8.10. The number of nitrogens with zero attached hydrogens (tertiary/aromatic N) is 5. The standard InChI is InChI=1S/C15H23N7O8S/c1-7-19-10-13(16)17-6-18-14(10)22(7)15-11(24)12(30-31(26,27)28)8(29-15)5-21(2)4-3-9(23)20-25/h6,8,11-12,15,24-25H,3-5H2,1-2H3,(H,20,23)(H2,16,17,18)(H,26,27,28)/t8-,11-,12-,15-/m1/s1.